The lowest BCUT2D eigenvalue weighted by molar-refractivity contribution is -0.192. The Bertz CT molecular complexity index is 1130. The first-order valence-electron chi connectivity index (χ1n) is 9.36. The van der Waals surface area contributed by atoms with Crippen LogP contribution in [0, 0.1) is 6.92 Å². The molecule has 174 valence electrons. The molecule has 2 amide bonds. The molecule has 1 aliphatic heterocycles. The van der Waals surface area contributed by atoms with Crippen LogP contribution in [-0.4, -0.2) is 43.9 Å². The highest BCUT2D eigenvalue weighted by Crippen LogP contribution is 2.25. The number of oxazole rings is 1. The number of amides is 2. The van der Waals surface area contributed by atoms with Gasteiger partial charge >= 0.3 is 18.1 Å². The average Bonchev–Trinajstić information content (AvgIpc) is 3.46. The molecule has 0 radical (unpaired) electrons. The largest absolute Gasteiger partial charge is 0.490 e. The second-order valence-corrected chi connectivity index (χ2v) is 6.79. The minimum atomic E-state index is -5.08. The monoisotopic (exact) mass is 466 g/mol. The number of rotatable bonds is 4. The molecule has 0 aliphatic carbocycles. The van der Waals surface area contributed by atoms with E-state index in [1.54, 1.807) is 29.3 Å². The summed E-state index contributed by atoms with van der Waals surface area (Å²) < 4.78 is 42.7. The summed E-state index contributed by atoms with van der Waals surface area (Å²) >= 11 is 0. The molecule has 0 saturated heterocycles. The summed E-state index contributed by atoms with van der Waals surface area (Å²) in [4.78, 5) is 43.3. The van der Waals surface area contributed by atoms with Gasteiger partial charge in [0.15, 0.2) is 0 Å². The van der Waals surface area contributed by atoms with Crippen LogP contribution in [0.4, 0.5) is 13.2 Å². The van der Waals surface area contributed by atoms with Gasteiger partial charge in [-0.05, 0) is 31.2 Å². The second-order valence-electron chi connectivity index (χ2n) is 6.79. The van der Waals surface area contributed by atoms with Crippen LogP contribution in [0.2, 0.25) is 0 Å². The maximum atomic E-state index is 12.4. The van der Waals surface area contributed by atoms with Crippen LogP contribution in [0.5, 0.6) is 0 Å². The molecule has 3 aromatic heterocycles. The van der Waals surface area contributed by atoms with E-state index in [0.29, 0.717) is 29.3 Å². The van der Waals surface area contributed by atoms with E-state index in [1.807, 2.05) is 13.0 Å². The smallest absolute Gasteiger partial charge is 0.475 e. The fourth-order valence-corrected chi connectivity index (χ4v) is 2.78. The molecule has 0 unspecified atom stereocenters. The first kappa shape index (κ1) is 23.5. The third-order valence-corrected chi connectivity index (χ3v) is 4.30. The Morgan fingerprint density at radius 1 is 1.18 bits per heavy atom. The maximum absolute atomic E-state index is 12.4. The van der Waals surface area contributed by atoms with Crippen LogP contribution in [0.15, 0.2) is 45.5 Å². The number of halogens is 3. The van der Waals surface area contributed by atoms with Gasteiger partial charge in [0.05, 0.1) is 25.2 Å². The van der Waals surface area contributed by atoms with Gasteiger partial charge in [0, 0.05) is 12.4 Å². The van der Waals surface area contributed by atoms with Crippen molar-refractivity contribution in [3.8, 4) is 0 Å². The first-order chi connectivity index (χ1) is 15.5. The molecule has 13 heteroatoms. The zero-order valence-corrected chi connectivity index (χ0v) is 17.0. The number of furan rings is 1. The summed E-state index contributed by atoms with van der Waals surface area (Å²) in [6.45, 7) is 2.67. The van der Waals surface area contributed by atoms with Gasteiger partial charge in [0.1, 0.15) is 23.0 Å². The lowest BCUT2D eigenvalue weighted by Crippen LogP contribution is -2.26. The summed E-state index contributed by atoms with van der Waals surface area (Å²) in [6.07, 6.45) is -1.95. The van der Waals surface area contributed by atoms with Gasteiger partial charge in [0.25, 0.3) is 11.8 Å². The van der Waals surface area contributed by atoms with Crippen LogP contribution in [0.3, 0.4) is 0 Å². The highest BCUT2D eigenvalue weighted by molar-refractivity contribution is 5.94. The number of carboxylic acids is 1. The normalized spacial score (nSPS) is 12.5. The lowest BCUT2D eigenvalue weighted by Gasteiger charge is -2.14. The maximum Gasteiger partial charge on any atom is 0.490 e. The number of carbonyl (C=O) groups excluding carboxylic acids is 2. The van der Waals surface area contributed by atoms with E-state index in [9.17, 15) is 22.8 Å². The van der Waals surface area contributed by atoms with Gasteiger partial charge in [-0.25, -0.2) is 9.78 Å². The van der Waals surface area contributed by atoms with Gasteiger partial charge in [-0.1, -0.05) is 0 Å². The Kier molecular flexibility index (Phi) is 6.80. The number of pyridine rings is 1. The van der Waals surface area contributed by atoms with E-state index in [0.717, 1.165) is 5.76 Å². The quantitative estimate of drug-likeness (QED) is 0.599. The van der Waals surface area contributed by atoms with E-state index < -0.39 is 18.1 Å². The van der Waals surface area contributed by atoms with Crippen LogP contribution in [0.1, 0.15) is 44.0 Å². The van der Waals surface area contributed by atoms with Gasteiger partial charge in [0.2, 0.25) is 0 Å². The minimum Gasteiger partial charge on any atom is -0.475 e. The van der Waals surface area contributed by atoms with E-state index >= 15 is 0 Å². The van der Waals surface area contributed by atoms with Gasteiger partial charge < -0.3 is 24.2 Å². The molecular weight excluding hydrogens is 449 g/mol. The van der Waals surface area contributed by atoms with E-state index in [-0.39, 0.29) is 24.9 Å². The number of hydrogen-bond acceptors (Lipinski definition) is 7. The van der Waals surface area contributed by atoms with Crippen molar-refractivity contribution in [2.75, 3.05) is 0 Å². The van der Waals surface area contributed by atoms with Crippen molar-refractivity contribution in [3.63, 3.8) is 0 Å². The zero-order valence-electron chi connectivity index (χ0n) is 17.0. The topological polar surface area (TPSA) is 139 Å². The third kappa shape index (κ3) is 5.96. The summed E-state index contributed by atoms with van der Waals surface area (Å²) in [6, 6.07) is 7.04. The number of nitrogens with zero attached hydrogens (tertiary/aromatic N) is 3. The van der Waals surface area contributed by atoms with Crippen LogP contribution in [0.25, 0.3) is 0 Å². The first-order valence-corrected chi connectivity index (χ1v) is 9.36. The predicted molar refractivity (Wildman–Crippen MR) is 103 cm³/mol. The van der Waals surface area contributed by atoms with Crippen molar-refractivity contribution in [3.05, 3.63) is 71.1 Å². The summed E-state index contributed by atoms with van der Waals surface area (Å²) in [5, 5.41) is 9.82. The molecule has 3 aromatic rings. The number of aromatic nitrogens is 2. The fourth-order valence-electron chi connectivity index (χ4n) is 2.78. The van der Waals surface area contributed by atoms with Crippen molar-refractivity contribution < 1.29 is 41.5 Å². The molecule has 0 spiro atoms. The number of aryl methyl sites for hydroxylation is 1. The Morgan fingerprint density at radius 3 is 2.45 bits per heavy atom. The number of carboxylic acid groups (broad SMARTS) is 1. The van der Waals surface area contributed by atoms with Crippen molar-refractivity contribution >= 4 is 17.8 Å². The number of hydrogen-bond donors (Lipinski definition) is 2. The number of alkyl halides is 3. The molecule has 0 fully saturated rings. The van der Waals surface area contributed by atoms with Crippen molar-refractivity contribution in [1.29, 1.82) is 0 Å². The molecule has 0 atom stereocenters. The average molecular weight is 466 g/mol. The summed E-state index contributed by atoms with van der Waals surface area (Å²) in [5.74, 6) is -1.37. The van der Waals surface area contributed by atoms with E-state index in [1.165, 1.54) is 6.20 Å². The molecule has 2 N–H and O–H groups in total. The summed E-state index contributed by atoms with van der Waals surface area (Å²) in [5.41, 5.74) is 1.10. The van der Waals surface area contributed by atoms with Crippen molar-refractivity contribution in [1.82, 2.24) is 20.2 Å². The zero-order chi connectivity index (χ0) is 24.2. The third-order valence-electron chi connectivity index (χ3n) is 4.30. The second kappa shape index (κ2) is 9.54. The van der Waals surface area contributed by atoms with Crippen molar-refractivity contribution in [2.45, 2.75) is 32.7 Å². The van der Waals surface area contributed by atoms with E-state index in [2.05, 4.69) is 15.3 Å². The highest BCUT2D eigenvalue weighted by atomic mass is 19.4. The lowest BCUT2D eigenvalue weighted by atomic mass is 10.2. The SMILES string of the molecule is Cc1ccc(CNC(=O)c2nc3c(o2)CN(C(=O)c2cccnc2)C3)o1.O=C(O)C(F)(F)F. The molecule has 0 saturated carbocycles. The number of carbonyl (C=O) groups is 3. The Labute approximate surface area is 184 Å². The Morgan fingerprint density at radius 2 is 1.91 bits per heavy atom. The van der Waals surface area contributed by atoms with Gasteiger partial charge in [-0.15, -0.1) is 0 Å². The highest BCUT2D eigenvalue weighted by Gasteiger charge is 2.38. The van der Waals surface area contributed by atoms with Gasteiger partial charge in [-0.2, -0.15) is 13.2 Å². The van der Waals surface area contributed by atoms with E-state index in [4.69, 9.17) is 18.7 Å². The standard InChI is InChI=1S/C18H16N4O4.C2HF3O2/c1-11-4-5-13(25-11)8-20-16(23)17-21-14-9-22(10-15(14)26-17)18(24)12-3-2-6-19-7-12;3-2(4,5)1(6)7/h2-7H,8-10H2,1H3,(H,20,23);(H,6,7). The Balaban J connectivity index is 0.000000383. The fraction of sp³-hybridized carbons (Fsp3) is 0.250. The van der Waals surface area contributed by atoms with Crippen LogP contribution in [-0.2, 0) is 24.4 Å². The van der Waals surface area contributed by atoms with Gasteiger partial charge in [-0.3, -0.25) is 14.6 Å². The molecule has 4 heterocycles. The minimum absolute atomic E-state index is 0.00763. The predicted octanol–water partition coefficient (Wildman–Crippen LogP) is 2.69. The van der Waals surface area contributed by atoms with Crippen LogP contribution < -0.4 is 5.32 Å². The Hall–Kier alpha value is -4.16. The molecule has 10 nitrogen and oxygen atoms in total. The molecule has 0 bridgehead atoms. The number of aliphatic carboxylic acids is 1. The molecule has 33 heavy (non-hydrogen) atoms. The van der Waals surface area contributed by atoms with Crippen LogP contribution >= 0.6 is 0 Å². The molecule has 0 aromatic carbocycles. The number of nitrogens with one attached hydrogen (secondary N) is 1. The van der Waals surface area contributed by atoms with Crippen molar-refractivity contribution in [2.24, 2.45) is 0 Å². The molecule has 1 aliphatic rings. The summed E-state index contributed by atoms with van der Waals surface area (Å²) in [7, 11) is 0. The molecular formula is C20H17F3N4O6. The molecule has 4 rings (SSSR count). The number of fused-ring (bicyclic) bond motifs is 1.